The van der Waals surface area contributed by atoms with E-state index in [1.807, 2.05) is 31.2 Å². The molecule has 0 atom stereocenters. The molecule has 0 fully saturated rings. The van der Waals surface area contributed by atoms with E-state index < -0.39 is 29.8 Å². The summed E-state index contributed by atoms with van der Waals surface area (Å²) in [7, 11) is 0. The number of anilines is 1. The number of amides is 1. The maximum absolute atomic E-state index is 12.9. The molecule has 0 saturated heterocycles. The Morgan fingerprint density at radius 3 is 2.52 bits per heavy atom. The van der Waals surface area contributed by atoms with Gasteiger partial charge in [0.1, 0.15) is 6.54 Å². The molecule has 1 amide bonds. The van der Waals surface area contributed by atoms with Crippen LogP contribution in [0.5, 0.6) is 0 Å². The highest BCUT2D eigenvalue weighted by Crippen LogP contribution is 2.30. The SMILES string of the molecule is Cc1ccc(-c2noc(-c3ccc(=O)n(CC(=O)Nc4cccc(C(F)(F)F)c4)c3)n2)cc1. The van der Waals surface area contributed by atoms with Crippen LogP contribution >= 0.6 is 0 Å². The molecule has 2 aromatic heterocycles. The number of halogens is 3. The average Bonchev–Trinajstić information content (AvgIpc) is 3.25. The van der Waals surface area contributed by atoms with Crippen LogP contribution < -0.4 is 10.9 Å². The van der Waals surface area contributed by atoms with Gasteiger partial charge in [-0.2, -0.15) is 18.2 Å². The van der Waals surface area contributed by atoms with Gasteiger partial charge in [0.15, 0.2) is 0 Å². The third-order valence-electron chi connectivity index (χ3n) is 4.75. The first-order chi connectivity index (χ1) is 15.7. The standard InChI is InChI=1S/C23H17F3N4O3/c1-14-5-7-15(8-6-14)21-28-22(33-29-21)16-9-10-20(32)30(12-16)13-19(31)27-18-4-2-3-17(11-18)23(24,25)26/h2-12H,13H2,1H3,(H,27,31). The van der Waals surface area contributed by atoms with Gasteiger partial charge in [-0.15, -0.1) is 0 Å². The average molecular weight is 454 g/mol. The Labute approximate surface area is 185 Å². The first kappa shape index (κ1) is 22.0. The number of alkyl halides is 3. The number of hydrogen-bond donors (Lipinski definition) is 1. The number of hydrogen-bond acceptors (Lipinski definition) is 5. The fraction of sp³-hybridized carbons (Fsp3) is 0.130. The Morgan fingerprint density at radius 2 is 1.79 bits per heavy atom. The highest BCUT2D eigenvalue weighted by molar-refractivity contribution is 5.90. The van der Waals surface area contributed by atoms with Crippen molar-refractivity contribution in [2.75, 3.05) is 5.32 Å². The monoisotopic (exact) mass is 454 g/mol. The molecule has 168 valence electrons. The van der Waals surface area contributed by atoms with Crippen LogP contribution in [0.4, 0.5) is 18.9 Å². The molecular weight excluding hydrogens is 437 g/mol. The number of pyridine rings is 1. The Balaban J connectivity index is 1.52. The summed E-state index contributed by atoms with van der Waals surface area (Å²) in [6, 6.07) is 14.5. The van der Waals surface area contributed by atoms with Gasteiger partial charge in [0.25, 0.3) is 11.4 Å². The number of benzene rings is 2. The van der Waals surface area contributed by atoms with E-state index in [1.54, 1.807) is 0 Å². The Hall–Kier alpha value is -4.21. The fourth-order valence-corrected chi connectivity index (χ4v) is 3.07. The minimum absolute atomic E-state index is 0.0290. The molecule has 2 aromatic carbocycles. The van der Waals surface area contributed by atoms with E-state index in [2.05, 4.69) is 15.5 Å². The van der Waals surface area contributed by atoms with Crippen LogP contribution in [0.25, 0.3) is 22.8 Å². The smallest absolute Gasteiger partial charge is 0.334 e. The van der Waals surface area contributed by atoms with E-state index in [1.165, 1.54) is 30.5 Å². The molecular formula is C23H17F3N4O3. The van der Waals surface area contributed by atoms with Crippen molar-refractivity contribution in [3.05, 3.63) is 88.3 Å². The van der Waals surface area contributed by atoms with Crippen molar-refractivity contribution in [2.45, 2.75) is 19.6 Å². The molecule has 1 N–H and O–H groups in total. The summed E-state index contributed by atoms with van der Waals surface area (Å²) in [5.74, 6) is -0.151. The van der Waals surface area contributed by atoms with E-state index in [4.69, 9.17) is 4.52 Å². The molecule has 7 nitrogen and oxygen atoms in total. The molecule has 0 radical (unpaired) electrons. The van der Waals surface area contributed by atoms with Gasteiger partial charge >= 0.3 is 6.18 Å². The lowest BCUT2D eigenvalue weighted by Crippen LogP contribution is -2.27. The molecule has 0 bridgehead atoms. The van der Waals surface area contributed by atoms with Gasteiger partial charge < -0.3 is 14.4 Å². The number of carbonyl (C=O) groups excluding carboxylic acids is 1. The van der Waals surface area contributed by atoms with Gasteiger partial charge in [0, 0.05) is 23.5 Å². The molecule has 0 spiro atoms. The van der Waals surface area contributed by atoms with Crippen LogP contribution in [-0.4, -0.2) is 20.6 Å². The van der Waals surface area contributed by atoms with Crippen LogP contribution in [0.1, 0.15) is 11.1 Å². The van der Waals surface area contributed by atoms with Crippen molar-refractivity contribution in [1.82, 2.24) is 14.7 Å². The van der Waals surface area contributed by atoms with Crippen molar-refractivity contribution >= 4 is 11.6 Å². The molecule has 0 unspecified atom stereocenters. The van der Waals surface area contributed by atoms with Crippen LogP contribution in [0.3, 0.4) is 0 Å². The Morgan fingerprint density at radius 1 is 1.06 bits per heavy atom. The van der Waals surface area contributed by atoms with Gasteiger partial charge in [-0.05, 0) is 31.2 Å². The summed E-state index contributed by atoms with van der Waals surface area (Å²) in [5, 5.41) is 6.31. The number of carbonyl (C=O) groups is 1. The number of nitrogens with zero attached hydrogens (tertiary/aromatic N) is 3. The van der Waals surface area contributed by atoms with Crippen molar-refractivity contribution in [3.8, 4) is 22.8 Å². The maximum atomic E-state index is 12.9. The van der Waals surface area contributed by atoms with Crippen molar-refractivity contribution in [3.63, 3.8) is 0 Å². The number of aryl methyl sites for hydroxylation is 1. The van der Waals surface area contributed by atoms with Crippen molar-refractivity contribution in [2.24, 2.45) is 0 Å². The Kier molecular flexibility index (Phi) is 5.82. The first-order valence-corrected chi connectivity index (χ1v) is 9.78. The molecule has 33 heavy (non-hydrogen) atoms. The topological polar surface area (TPSA) is 90.0 Å². The fourth-order valence-electron chi connectivity index (χ4n) is 3.07. The second-order valence-electron chi connectivity index (χ2n) is 7.30. The number of nitrogens with one attached hydrogen (secondary N) is 1. The predicted octanol–water partition coefficient (Wildman–Crippen LogP) is 4.53. The van der Waals surface area contributed by atoms with Gasteiger partial charge in [-0.25, -0.2) is 0 Å². The van der Waals surface area contributed by atoms with Gasteiger partial charge in [0.2, 0.25) is 11.7 Å². The lowest BCUT2D eigenvalue weighted by atomic mass is 10.1. The summed E-state index contributed by atoms with van der Waals surface area (Å²) in [5.41, 5.74) is 0.852. The van der Waals surface area contributed by atoms with E-state index in [0.717, 1.165) is 27.8 Å². The molecule has 0 aliphatic carbocycles. The van der Waals surface area contributed by atoms with Crippen LogP contribution in [0.2, 0.25) is 0 Å². The van der Waals surface area contributed by atoms with Gasteiger partial charge in [-0.3, -0.25) is 9.59 Å². The second kappa shape index (κ2) is 8.73. The second-order valence-corrected chi connectivity index (χ2v) is 7.30. The van der Waals surface area contributed by atoms with Crippen LogP contribution in [0.15, 0.2) is 76.2 Å². The highest BCUT2D eigenvalue weighted by atomic mass is 19.4. The van der Waals surface area contributed by atoms with Crippen LogP contribution in [0, 0.1) is 6.92 Å². The Bertz CT molecular complexity index is 1360. The number of aromatic nitrogens is 3. The largest absolute Gasteiger partial charge is 0.416 e. The zero-order valence-electron chi connectivity index (χ0n) is 17.3. The third kappa shape index (κ3) is 5.17. The highest BCUT2D eigenvalue weighted by Gasteiger charge is 2.30. The number of rotatable bonds is 5. The summed E-state index contributed by atoms with van der Waals surface area (Å²) in [6.07, 6.45) is -3.16. The quantitative estimate of drug-likeness (QED) is 0.479. The van der Waals surface area contributed by atoms with Crippen LogP contribution in [-0.2, 0) is 17.5 Å². The maximum Gasteiger partial charge on any atom is 0.416 e. The summed E-state index contributed by atoms with van der Waals surface area (Å²) in [6.45, 7) is 1.54. The van der Waals surface area contributed by atoms with Crippen molar-refractivity contribution in [1.29, 1.82) is 0 Å². The minimum Gasteiger partial charge on any atom is -0.334 e. The summed E-state index contributed by atoms with van der Waals surface area (Å²) >= 11 is 0. The molecule has 0 aliphatic heterocycles. The third-order valence-corrected chi connectivity index (χ3v) is 4.75. The van der Waals surface area contributed by atoms with Gasteiger partial charge in [0.05, 0.1) is 11.1 Å². The summed E-state index contributed by atoms with van der Waals surface area (Å²) in [4.78, 5) is 28.9. The molecule has 2 heterocycles. The van der Waals surface area contributed by atoms with E-state index in [-0.39, 0.29) is 11.6 Å². The van der Waals surface area contributed by atoms with E-state index >= 15 is 0 Å². The van der Waals surface area contributed by atoms with Crippen molar-refractivity contribution < 1.29 is 22.5 Å². The summed E-state index contributed by atoms with van der Waals surface area (Å²) < 4.78 is 45.0. The van der Waals surface area contributed by atoms with E-state index in [0.29, 0.717) is 11.4 Å². The minimum atomic E-state index is -4.53. The molecule has 4 aromatic rings. The molecule has 4 rings (SSSR count). The zero-order chi connectivity index (χ0) is 23.6. The first-order valence-electron chi connectivity index (χ1n) is 9.78. The molecule has 0 saturated carbocycles. The molecule has 0 aliphatic rings. The predicted molar refractivity (Wildman–Crippen MR) is 114 cm³/mol. The van der Waals surface area contributed by atoms with E-state index in [9.17, 15) is 22.8 Å². The van der Waals surface area contributed by atoms with Gasteiger partial charge in [-0.1, -0.05) is 41.1 Å². The lowest BCUT2D eigenvalue weighted by molar-refractivity contribution is -0.137. The zero-order valence-corrected chi connectivity index (χ0v) is 17.3. The molecule has 10 heteroatoms. The lowest BCUT2D eigenvalue weighted by Gasteiger charge is -2.11. The normalized spacial score (nSPS) is 11.4.